The van der Waals surface area contributed by atoms with E-state index in [2.05, 4.69) is 10.3 Å². The van der Waals surface area contributed by atoms with Crippen LogP contribution in [-0.2, 0) is 11.3 Å². The van der Waals surface area contributed by atoms with Crippen LogP contribution in [0.1, 0.15) is 24.1 Å². The van der Waals surface area contributed by atoms with Crippen LogP contribution in [0.2, 0.25) is 0 Å². The number of pyridine rings is 1. The molecule has 0 aromatic carbocycles. The normalized spacial score (nSPS) is 15.2. The Bertz CT molecular complexity index is 345. The summed E-state index contributed by atoms with van der Waals surface area (Å²) in [6.45, 7) is 2.56. The predicted octanol–water partition coefficient (Wildman–Crippen LogP) is 1.42. The van der Waals surface area contributed by atoms with Crippen LogP contribution in [0.3, 0.4) is 0 Å². The van der Waals surface area contributed by atoms with Crippen molar-refractivity contribution in [1.29, 1.82) is 0 Å². The van der Waals surface area contributed by atoms with Crippen molar-refractivity contribution in [2.24, 2.45) is 5.92 Å². The third kappa shape index (κ3) is 2.10. The first-order valence-corrected chi connectivity index (χ1v) is 4.95. The van der Waals surface area contributed by atoms with E-state index in [9.17, 15) is 4.79 Å². The summed E-state index contributed by atoms with van der Waals surface area (Å²) in [4.78, 5) is 15.6. The molecule has 1 amide bonds. The summed E-state index contributed by atoms with van der Waals surface area (Å²) in [6, 6.07) is 3.91. The Balaban J connectivity index is 1.91. The molecule has 3 nitrogen and oxygen atoms in total. The molecule has 1 saturated carbocycles. The molecule has 0 atom stereocenters. The Kier molecular flexibility index (Phi) is 2.48. The molecule has 0 aliphatic heterocycles. The second-order valence-corrected chi connectivity index (χ2v) is 3.76. The number of hydrogen-bond acceptors (Lipinski definition) is 2. The van der Waals surface area contributed by atoms with E-state index in [-0.39, 0.29) is 11.8 Å². The number of aryl methyl sites for hydroxylation is 1. The lowest BCUT2D eigenvalue weighted by Gasteiger charge is -2.05. The Morgan fingerprint density at radius 1 is 1.64 bits per heavy atom. The molecule has 0 spiro atoms. The van der Waals surface area contributed by atoms with Gasteiger partial charge in [-0.15, -0.1) is 0 Å². The maximum absolute atomic E-state index is 11.4. The monoisotopic (exact) mass is 190 g/mol. The summed E-state index contributed by atoms with van der Waals surface area (Å²) in [5.74, 6) is 0.453. The molecule has 1 N–H and O–H groups in total. The van der Waals surface area contributed by atoms with Gasteiger partial charge in [-0.25, -0.2) is 0 Å². The van der Waals surface area contributed by atoms with Crippen molar-refractivity contribution in [3.8, 4) is 0 Å². The van der Waals surface area contributed by atoms with E-state index in [0.717, 1.165) is 24.1 Å². The van der Waals surface area contributed by atoms with Gasteiger partial charge in [0.15, 0.2) is 0 Å². The van der Waals surface area contributed by atoms with Crippen LogP contribution >= 0.6 is 0 Å². The Morgan fingerprint density at radius 3 is 3.07 bits per heavy atom. The van der Waals surface area contributed by atoms with Crippen LogP contribution in [0.4, 0.5) is 0 Å². The van der Waals surface area contributed by atoms with Crippen LogP contribution in [0.5, 0.6) is 0 Å². The molecule has 1 aliphatic rings. The first kappa shape index (κ1) is 9.19. The molecule has 0 radical (unpaired) electrons. The van der Waals surface area contributed by atoms with Gasteiger partial charge < -0.3 is 5.32 Å². The lowest BCUT2D eigenvalue weighted by Crippen LogP contribution is -2.25. The molecule has 1 aromatic rings. The molecule has 0 saturated heterocycles. The molecule has 1 heterocycles. The SMILES string of the molecule is Cc1cccnc1CNC(=O)C1CC1. The molecule has 14 heavy (non-hydrogen) atoms. The quantitative estimate of drug-likeness (QED) is 0.783. The summed E-state index contributed by atoms with van der Waals surface area (Å²) in [6.07, 6.45) is 3.85. The van der Waals surface area contributed by atoms with Crippen molar-refractivity contribution in [1.82, 2.24) is 10.3 Å². The van der Waals surface area contributed by atoms with Gasteiger partial charge in [0, 0.05) is 12.1 Å². The minimum atomic E-state index is 0.176. The summed E-state index contributed by atoms with van der Waals surface area (Å²) < 4.78 is 0. The van der Waals surface area contributed by atoms with E-state index in [1.807, 2.05) is 19.1 Å². The highest BCUT2D eigenvalue weighted by molar-refractivity contribution is 5.80. The first-order chi connectivity index (χ1) is 6.77. The minimum Gasteiger partial charge on any atom is -0.350 e. The van der Waals surface area contributed by atoms with Crippen molar-refractivity contribution >= 4 is 5.91 Å². The Morgan fingerprint density at radius 2 is 2.43 bits per heavy atom. The van der Waals surface area contributed by atoms with Crippen molar-refractivity contribution in [2.75, 3.05) is 0 Å². The number of rotatable bonds is 3. The predicted molar refractivity (Wildman–Crippen MR) is 53.5 cm³/mol. The van der Waals surface area contributed by atoms with Gasteiger partial charge in [-0.1, -0.05) is 6.07 Å². The lowest BCUT2D eigenvalue weighted by atomic mass is 10.2. The molecule has 1 aliphatic carbocycles. The number of carbonyl (C=O) groups is 1. The number of nitrogens with one attached hydrogen (secondary N) is 1. The van der Waals surface area contributed by atoms with Crippen molar-refractivity contribution in [3.05, 3.63) is 29.6 Å². The average molecular weight is 190 g/mol. The summed E-state index contributed by atoms with van der Waals surface area (Å²) >= 11 is 0. The summed E-state index contributed by atoms with van der Waals surface area (Å²) in [7, 11) is 0. The second-order valence-electron chi connectivity index (χ2n) is 3.76. The highest BCUT2D eigenvalue weighted by Gasteiger charge is 2.29. The van der Waals surface area contributed by atoms with E-state index in [4.69, 9.17) is 0 Å². The number of aromatic nitrogens is 1. The Labute approximate surface area is 83.5 Å². The van der Waals surface area contributed by atoms with Gasteiger partial charge >= 0.3 is 0 Å². The van der Waals surface area contributed by atoms with Crippen LogP contribution in [0.15, 0.2) is 18.3 Å². The molecule has 2 rings (SSSR count). The van der Waals surface area contributed by atoms with Crippen LogP contribution < -0.4 is 5.32 Å². The zero-order valence-electron chi connectivity index (χ0n) is 8.29. The van der Waals surface area contributed by atoms with Gasteiger partial charge in [0.2, 0.25) is 5.91 Å². The minimum absolute atomic E-state index is 0.176. The Hall–Kier alpha value is -1.38. The van der Waals surface area contributed by atoms with Gasteiger partial charge in [0.1, 0.15) is 0 Å². The zero-order valence-corrected chi connectivity index (χ0v) is 8.29. The van der Waals surface area contributed by atoms with Gasteiger partial charge in [-0.2, -0.15) is 0 Å². The standard InChI is InChI=1S/C11H14N2O/c1-8-3-2-6-12-10(8)7-13-11(14)9-4-5-9/h2-3,6,9H,4-5,7H2,1H3,(H,13,14). The molecular formula is C11H14N2O. The van der Waals surface area contributed by atoms with Gasteiger partial charge in [-0.05, 0) is 31.4 Å². The zero-order chi connectivity index (χ0) is 9.97. The largest absolute Gasteiger partial charge is 0.350 e. The number of amides is 1. The molecule has 1 aromatic heterocycles. The maximum Gasteiger partial charge on any atom is 0.223 e. The second kappa shape index (κ2) is 3.78. The van der Waals surface area contributed by atoms with Crippen LogP contribution in [0.25, 0.3) is 0 Å². The van der Waals surface area contributed by atoms with Gasteiger partial charge in [0.05, 0.1) is 12.2 Å². The maximum atomic E-state index is 11.4. The van der Waals surface area contributed by atoms with Crippen LogP contribution in [-0.4, -0.2) is 10.9 Å². The number of hydrogen-bond donors (Lipinski definition) is 1. The fourth-order valence-corrected chi connectivity index (χ4v) is 1.36. The van der Waals surface area contributed by atoms with E-state index in [0.29, 0.717) is 6.54 Å². The van der Waals surface area contributed by atoms with Crippen molar-refractivity contribution in [3.63, 3.8) is 0 Å². The molecule has 0 unspecified atom stereocenters. The smallest absolute Gasteiger partial charge is 0.223 e. The number of carbonyl (C=O) groups excluding carboxylic acids is 1. The fraction of sp³-hybridized carbons (Fsp3) is 0.455. The van der Waals surface area contributed by atoms with Gasteiger partial charge in [0.25, 0.3) is 0 Å². The molecule has 74 valence electrons. The van der Waals surface area contributed by atoms with E-state index >= 15 is 0 Å². The van der Waals surface area contributed by atoms with Crippen molar-refractivity contribution < 1.29 is 4.79 Å². The first-order valence-electron chi connectivity index (χ1n) is 4.95. The summed E-state index contributed by atoms with van der Waals surface area (Å²) in [5, 5.41) is 2.90. The van der Waals surface area contributed by atoms with Crippen molar-refractivity contribution in [2.45, 2.75) is 26.3 Å². The third-order valence-corrected chi connectivity index (χ3v) is 2.50. The molecule has 1 fully saturated rings. The fourth-order valence-electron chi connectivity index (χ4n) is 1.36. The highest BCUT2D eigenvalue weighted by atomic mass is 16.2. The third-order valence-electron chi connectivity index (χ3n) is 2.50. The molecular weight excluding hydrogens is 176 g/mol. The van der Waals surface area contributed by atoms with E-state index in [1.165, 1.54) is 0 Å². The summed E-state index contributed by atoms with van der Waals surface area (Å²) in [5.41, 5.74) is 2.09. The van der Waals surface area contributed by atoms with Gasteiger partial charge in [-0.3, -0.25) is 9.78 Å². The molecule has 3 heteroatoms. The highest BCUT2D eigenvalue weighted by Crippen LogP contribution is 2.28. The lowest BCUT2D eigenvalue weighted by molar-refractivity contribution is -0.122. The van der Waals surface area contributed by atoms with E-state index < -0.39 is 0 Å². The van der Waals surface area contributed by atoms with E-state index in [1.54, 1.807) is 6.20 Å². The number of nitrogens with zero attached hydrogens (tertiary/aromatic N) is 1. The molecule has 0 bridgehead atoms. The topological polar surface area (TPSA) is 42.0 Å². The average Bonchev–Trinajstić information content (AvgIpc) is 2.99. The van der Waals surface area contributed by atoms with Crippen LogP contribution in [0, 0.1) is 12.8 Å².